The fraction of sp³-hybridized carbons (Fsp3) is 0.721. The Balaban J connectivity index is 1.11. The number of benzene rings is 1. The lowest BCUT2D eigenvalue weighted by atomic mass is 9.33. The van der Waals surface area contributed by atoms with Gasteiger partial charge in [0.05, 0.1) is 24.5 Å². The Morgan fingerprint density at radius 3 is 2.41 bits per heavy atom. The number of aliphatic hydroxyl groups is 1. The first-order valence-corrected chi connectivity index (χ1v) is 19.3. The molecule has 0 unspecified atom stereocenters. The summed E-state index contributed by atoms with van der Waals surface area (Å²) >= 11 is 0. The molecule has 49 heavy (non-hydrogen) atoms. The van der Waals surface area contributed by atoms with Crippen LogP contribution in [0.4, 0.5) is 0 Å². The van der Waals surface area contributed by atoms with Gasteiger partial charge in [0.25, 0.3) is 0 Å². The molecule has 1 heterocycles. The van der Waals surface area contributed by atoms with Crippen LogP contribution in [0.5, 0.6) is 0 Å². The molecule has 5 aliphatic rings. The third-order valence-corrected chi connectivity index (χ3v) is 16.3. The summed E-state index contributed by atoms with van der Waals surface area (Å²) in [6.45, 7) is 17.9. The van der Waals surface area contributed by atoms with Gasteiger partial charge in [-0.1, -0.05) is 71.4 Å². The van der Waals surface area contributed by atoms with E-state index < -0.39 is 11.4 Å². The Hall–Kier alpha value is -2.60. The van der Waals surface area contributed by atoms with E-state index in [9.17, 15) is 19.8 Å². The van der Waals surface area contributed by atoms with Gasteiger partial charge in [-0.2, -0.15) is 0 Å². The minimum absolute atomic E-state index is 0.0512. The highest BCUT2D eigenvalue weighted by molar-refractivity contribution is 5.81. The smallest absolute Gasteiger partial charge is 0.311 e. The lowest BCUT2D eigenvalue weighted by molar-refractivity contribution is -0.203. The lowest BCUT2D eigenvalue weighted by Gasteiger charge is -2.71. The molecule has 0 spiro atoms. The molecule has 1 aromatic heterocycles. The predicted octanol–water partition coefficient (Wildman–Crippen LogP) is 9.36. The zero-order chi connectivity index (χ0) is 35.2. The van der Waals surface area contributed by atoms with Crippen LogP contribution in [0.2, 0.25) is 0 Å². The van der Waals surface area contributed by atoms with Crippen LogP contribution in [0.3, 0.4) is 0 Å². The second-order valence-corrected chi connectivity index (χ2v) is 19.0. The quantitative estimate of drug-likeness (QED) is 0.226. The van der Waals surface area contributed by atoms with Crippen LogP contribution in [0.15, 0.2) is 42.0 Å². The van der Waals surface area contributed by atoms with Gasteiger partial charge in [-0.3, -0.25) is 9.59 Å². The topological polar surface area (TPSA) is 88.8 Å². The number of aliphatic carboxylic acids is 1. The number of nitrogens with zero attached hydrogens (tertiary/aromatic N) is 1. The molecule has 0 aliphatic heterocycles. The third kappa shape index (κ3) is 5.19. The molecule has 4 fully saturated rings. The van der Waals surface area contributed by atoms with E-state index in [4.69, 9.17) is 4.74 Å². The fourth-order valence-corrected chi connectivity index (χ4v) is 12.9. The molecule has 0 radical (unpaired) electrons. The highest BCUT2D eigenvalue weighted by Crippen LogP contribution is 2.75. The van der Waals surface area contributed by atoms with E-state index in [0.717, 1.165) is 55.1 Å². The normalized spacial score (nSPS) is 41.1. The molecule has 1 aromatic carbocycles. The van der Waals surface area contributed by atoms with E-state index in [2.05, 4.69) is 77.3 Å². The number of ether oxygens (including phenoxy) is 1. The van der Waals surface area contributed by atoms with Gasteiger partial charge in [0.15, 0.2) is 0 Å². The second kappa shape index (κ2) is 11.7. The molecular formula is C43H61NO5. The van der Waals surface area contributed by atoms with Crippen molar-refractivity contribution in [1.29, 1.82) is 0 Å². The van der Waals surface area contributed by atoms with Crippen molar-refractivity contribution in [1.82, 2.24) is 4.57 Å². The number of aliphatic hydroxyl groups excluding tert-OH is 1. The second-order valence-electron chi connectivity index (χ2n) is 19.0. The number of allylic oxidation sites excluding steroid dienone is 2. The first kappa shape index (κ1) is 34.8. The summed E-state index contributed by atoms with van der Waals surface area (Å²) in [5.41, 5.74) is 3.81. The zero-order valence-electron chi connectivity index (χ0n) is 31.2. The van der Waals surface area contributed by atoms with Crippen molar-refractivity contribution in [2.45, 2.75) is 138 Å². The van der Waals surface area contributed by atoms with Crippen molar-refractivity contribution in [3.8, 4) is 0 Å². The van der Waals surface area contributed by atoms with E-state index in [-0.39, 0.29) is 52.2 Å². The van der Waals surface area contributed by atoms with Gasteiger partial charge in [0, 0.05) is 11.2 Å². The van der Waals surface area contributed by atoms with Crippen molar-refractivity contribution in [2.75, 3.05) is 6.61 Å². The number of carboxylic acids is 1. The highest BCUT2D eigenvalue weighted by Gasteiger charge is 2.68. The maximum absolute atomic E-state index is 14.1. The summed E-state index contributed by atoms with van der Waals surface area (Å²) < 4.78 is 8.28. The molecule has 0 bridgehead atoms. The van der Waals surface area contributed by atoms with E-state index >= 15 is 0 Å². The molecule has 2 N–H and O–H groups in total. The molecule has 9 atom stereocenters. The first-order chi connectivity index (χ1) is 23.0. The van der Waals surface area contributed by atoms with Gasteiger partial charge in [-0.05, 0) is 140 Å². The van der Waals surface area contributed by atoms with Crippen molar-refractivity contribution >= 4 is 22.8 Å². The predicted molar refractivity (Wildman–Crippen MR) is 194 cm³/mol. The summed E-state index contributed by atoms with van der Waals surface area (Å²) in [5.74, 6) is 0.633. The Bertz CT molecular complexity index is 1670. The number of carbonyl (C=O) groups excluding carboxylic acids is 1. The highest BCUT2D eigenvalue weighted by atomic mass is 16.5. The van der Waals surface area contributed by atoms with Crippen LogP contribution in [-0.2, 0) is 27.3 Å². The number of aromatic nitrogens is 1. The van der Waals surface area contributed by atoms with Crippen LogP contribution < -0.4 is 0 Å². The minimum Gasteiger partial charge on any atom is -0.481 e. The van der Waals surface area contributed by atoms with Crippen LogP contribution in [0.1, 0.15) is 125 Å². The number of esters is 1. The van der Waals surface area contributed by atoms with Crippen LogP contribution in [0, 0.1) is 50.2 Å². The van der Waals surface area contributed by atoms with E-state index in [1.54, 1.807) is 5.57 Å². The van der Waals surface area contributed by atoms with Gasteiger partial charge in [0.1, 0.15) is 6.61 Å². The molecular weight excluding hydrogens is 610 g/mol. The molecule has 0 amide bonds. The first-order valence-electron chi connectivity index (χ1n) is 19.3. The van der Waals surface area contributed by atoms with Crippen LogP contribution in [-0.4, -0.2) is 39.4 Å². The zero-order valence-corrected chi connectivity index (χ0v) is 31.2. The Morgan fingerprint density at radius 1 is 0.918 bits per heavy atom. The van der Waals surface area contributed by atoms with Gasteiger partial charge in [-0.15, -0.1) is 0 Å². The largest absolute Gasteiger partial charge is 0.481 e. The fourth-order valence-electron chi connectivity index (χ4n) is 12.9. The maximum Gasteiger partial charge on any atom is 0.311 e. The molecule has 6 heteroatoms. The van der Waals surface area contributed by atoms with E-state index in [1.807, 2.05) is 12.1 Å². The molecule has 0 saturated heterocycles. The average molecular weight is 672 g/mol. The lowest BCUT2D eigenvalue weighted by Crippen LogP contribution is -2.64. The molecule has 268 valence electrons. The summed E-state index contributed by atoms with van der Waals surface area (Å²) in [4.78, 5) is 25.4. The molecule has 2 aromatic rings. The number of rotatable bonds is 7. The number of hydrogen-bond acceptors (Lipinski definition) is 4. The van der Waals surface area contributed by atoms with Gasteiger partial charge in [0.2, 0.25) is 0 Å². The maximum atomic E-state index is 14.1. The van der Waals surface area contributed by atoms with Gasteiger partial charge in [-0.25, -0.2) is 0 Å². The summed E-state index contributed by atoms with van der Waals surface area (Å²) in [6.07, 6.45) is 13.7. The number of carboxylic acid groups (broad SMARTS) is 1. The Morgan fingerprint density at radius 2 is 1.65 bits per heavy atom. The van der Waals surface area contributed by atoms with Crippen LogP contribution in [0.25, 0.3) is 10.9 Å². The summed E-state index contributed by atoms with van der Waals surface area (Å²) in [6, 6.07) is 10.2. The average Bonchev–Trinajstić information content (AvgIpc) is 3.40. The molecule has 5 aliphatic carbocycles. The van der Waals surface area contributed by atoms with Crippen molar-refractivity contribution in [2.24, 2.45) is 50.2 Å². The number of aryl methyl sites for hydroxylation is 1. The standard InChI is InChI=1S/C43H61NO5/c1-38(2)33-16-19-43(7)34(41(33,5)18-17-35(38)45)14-13-30-31-27-40(4,21-20-39(31,3)22-23-42(30,43)6)37(48)49-25-24-44-29(12-15-36(46)47)26-28-10-8-9-11-32(28)44/h8-11,13,26,31,33-35,45H,12,14-25,27H2,1-7H3,(H,46,47)/t31-,33-,34+,35-,39+,40-,41-,42+,43+/m0/s1. The molecule has 4 saturated carbocycles. The van der Waals surface area contributed by atoms with Crippen molar-refractivity contribution < 1.29 is 24.5 Å². The Labute approximate surface area is 294 Å². The van der Waals surface area contributed by atoms with E-state index in [0.29, 0.717) is 30.7 Å². The molecule has 7 rings (SSSR count). The van der Waals surface area contributed by atoms with Crippen molar-refractivity contribution in [3.63, 3.8) is 0 Å². The summed E-state index contributed by atoms with van der Waals surface area (Å²) in [5, 5.41) is 21.5. The third-order valence-electron chi connectivity index (χ3n) is 16.3. The van der Waals surface area contributed by atoms with Gasteiger partial charge < -0.3 is 19.5 Å². The van der Waals surface area contributed by atoms with Crippen LogP contribution >= 0.6 is 0 Å². The summed E-state index contributed by atoms with van der Waals surface area (Å²) in [7, 11) is 0. The number of para-hydroxylation sites is 1. The van der Waals surface area contributed by atoms with E-state index in [1.165, 1.54) is 25.7 Å². The number of hydrogen-bond donors (Lipinski definition) is 2. The monoisotopic (exact) mass is 671 g/mol. The Kier molecular flexibility index (Phi) is 8.33. The van der Waals surface area contributed by atoms with Gasteiger partial charge >= 0.3 is 11.9 Å². The number of carbonyl (C=O) groups is 2. The number of fused-ring (bicyclic) bond motifs is 8. The van der Waals surface area contributed by atoms with Crippen molar-refractivity contribution in [3.05, 3.63) is 47.7 Å². The minimum atomic E-state index is -0.809. The molecule has 6 nitrogen and oxygen atoms in total. The SMILES string of the molecule is CC1(C)[C@@H](O)CC[C@]2(C)[C@H]3CC=C4[C@@H]5C[C@@](C)(C(=O)OCCn6c(CCC(=O)O)cc7ccccc76)CC[C@]5(C)CC[C@@]4(C)[C@]3(C)CC[C@@H]12.